The monoisotopic (exact) mass is 454 g/mol. The van der Waals surface area contributed by atoms with Crippen LogP contribution in [0.25, 0.3) is 6.08 Å². The van der Waals surface area contributed by atoms with Crippen molar-refractivity contribution < 1.29 is 28.1 Å². The van der Waals surface area contributed by atoms with E-state index in [1.54, 1.807) is 41.8 Å². The number of hydrogen-bond acceptors (Lipinski definition) is 8. The van der Waals surface area contributed by atoms with Crippen molar-refractivity contribution in [3.8, 4) is 23.3 Å². The van der Waals surface area contributed by atoms with Gasteiger partial charge in [0.15, 0.2) is 18.1 Å². The number of aromatic nitrogens is 1. The van der Waals surface area contributed by atoms with E-state index >= 15 is 0 Å². The molecule has 3 rings (SSSR count). The first-order chi connectivity index (χ1) is 15.6. The Labute approximate surface area is 188 Å². The highest BCUT2D eigenvalue weighted by Crippen LogP contribution is 2.28. The molecule has 9 heteroatoms. The number of nitrogens with zero attached hydrogens (tertiary/aromatic N) is 2. The topological polar surface area (TPSA) is 90.7 Å². The maximum Gasteiger partial charge on any atom is 0.331 e. The van der Waals surface area contributed by atoms with Crippen LogP contribution in [0, 0.1) is 17.1 Å². The molecular weight excluding hydrogens is 435 g/mol. The SMILES string of the molecule is COc1cc(/C=C/C(=O)OCc2csc(COc3ccc(F)cc3)n2)ccc1OCC#N. The molecule has 0 spiro atoms. The summed E-state index contributed by atoms with van der Waals surface area (Å²) in [5.41, 5.74) is 1.31. The number of ether oxygens (including phenoxy) is 4. The van der Waals surface area contributed by atoms with Gasteiger partial charge < -0.3 is 18.9 Å². The van der Waals surface area contributed by atoms with Gasteiger partial charge in [0.05, 0.1) is 12.8 Å². The summed E-state index contributed by atoms with van der Waals surface area (Å²) in [7, 11) is 1.49. The quantitative estimate of drug-likeness (QED) is 0.328. The largest absolute Gasteiger partial charge is 0.493 e. The van der Waals surface area contributed by atoms with Crippen molar-refractivity contribution in [1.82, 2.24) is 4.98 Å². The molecule has 0 bridgehead atoms. The number of carbonyl (C=O) groups excluding carboxylic acids is 1. The van der Waals surface area contributed by atoms with E-state index in [0.29, 0.717) is 33.5 Å². The molecule has 0 N–H and O–H groups in total. The van der Waals surface area contributed by atoms with Gasteiger partial charge >= 0.3 is 5.97 Å². The van der Waals surface area contributed by atoms with Crippen LogP contribution in [-0.2, 0) is 22.7 Å². The Kier molecular flexibility index (Phi) is 8.17. The van der Waals surface area contributed by atoms with Gasteiger partial charge in [-0.05, 0) is 48.0 Å². The van der Waals surface area contributed by atoms with Crippen LogP contribution in [0.5, 0.6) is 17.2 Å². The van der Waals surface area contributed by atoms with Crippen molar-refractivity contribution in [2.24, 2.45) is 0 Å². The second-order valence-electron chi connectivity index (χ2n) is 6.27. The van der Waals surface area contributed by atoms with Crippen molar-refractivity contribution in [3.63, 3.8) is 0 Å². The Morgan fingerprint density at radius 1 is 1.16 bits per heavy atom. The van der Waals surface area contributed by atoms with E-state index in [0.717, 1.165) is 0 Å². The predicted octanol–water partition coefficient (Wildman–Crippen LogP) is 4.53. The van der Waals surface area contributed by atoms with Crippen LogP contribution in [-0.4, -0.2) is 24.7 Å². The van der Waals surface area contributed by atoms with Crippen LogP contribution in [0.2, 0.25) is 0 Å². The third-order valence-corrected chi connectivity index (χ3v) is 4.90. The van der Waals surface area contributed by atoms with Crippen molar-refractivity contribution in [3.05, 3.63) is 76.0 Å². The molecule has 0 aliphatic heterocycles. The number of carbonyl (C=O) groups is 1. The fourth-order valence-electron chi connectivity index (χ4n) is 2.53. The Bertz CT molecular complexity index is 1120. The molecule has 3 aromatic rings. The molecule has 32 heavy (non-hydrogen) atoms. The first-order valence-electron chi connectivity index (χ1n) is 9.41. The van der Waals surface area contributed by atoms with E-state index in [-0.39, 0.29) is 25.6 Å². The van der Waals surface area contributed by atoms with E-state index in [1.807, 2.05) is 6.07 Å². The molecule has 0 radical (unpaired) electrons. The molecular formula is C23H19FN2O5S. The number of rotatable bonds is 10. The van der Waals surface area contributed by atoms with Crippen LogP contribution in [0.3, 0.4) is 0 Å². The molecule has 0 unspecified atom stereocenters. The van der Waals surface area contributed by atoms with E-state index < -0.39 is 5.97 Å². The van der Waals surface area contributed by atoms with Gasteiger partial charge in [0.2, 0.25) is 0 Å². The first kappa shape index (κ1) is 22.8. The van der Waals surface area contributed by atoms with Gasteiger partial charge in [-0.3, -0.25) is 0 Å². The maximum atomic E-state index is 12.9. The molecule has 0 fully saturated rings. The van der Waals surface area contributed by atoms with Crippen LogP contribution in [0.1, 0.15) is 16.3 Å². The van der Waals surface area contributed by atoms with E-state index in [2.05, 4.69) is 4.98 Å². The molecule has 0 amide bonds. The number of halogens is 1. The summed E-state index contributed by atoms with van der Waals surface area (Å²) in [6.45, 7) is 0.176. The molecule has 0 atom stereocenters. The first-order valence-corrected chi connectivity index (χ1v) is 10.3. The predicted molar refractivity (Wildman–Crippen MR) is 116 cm³/mol. The zero-order valence-corrected chi connectivity index (χ0v) is 17.9. The lowest BCUT2D eigenvalue weighted by atomic mass is 10.2. The summed E-state index contributed by atoms with van der Waals surface area (Å²) in [4.78, 5) is 16.4. The Morgan fingerprint density at radius 3 is 2.72 bits per heavy atom. The summed E-state index contributed by atoms with van der Waals surface area (Å²) in [6, 6.07) is 12.7. The molecule has 0 saturated carbocycles. The third kappa shape index (κ3) is 6.82. The highest BCUT2D eigenvalue weighted by molar-refractivity contribution is 7.09. The summed E-state index contributed by atoms with van der Waals surface area (Å²) in [5.74, 6) is 0.586. The highest BCUT2D eigenvalue weighted by Gasteiger charge is 2.07. The van der Waals surface area contributed by atoms with Gasteiger partial charge in [-0.1, -0.05) is 6.07 Å². The lowest BCUT2D eigenvalue weighted by Crippen LogP contribution is -2.02. The third-order valence-electron chi connectivity index (χ3n) is 4.03. The van der Waals surface area contributed by atoms with Gasteiger partial charge in [0.1, 0.15) is 35.9 Å². The Hall–Kier alpha value is -3.90. The minimum Gasteiger partial charge on any atom is -0.493 e. The molecule has 7 nitrogen and oxygen atoms in total. The van der Waals surface area contributed by atoms with E-state index in [9.17, 15) is 9.18 Å². The van der Waals surface area contributed by atoms with Crippen molar-refractivity contribution in [2.45, 2.75) is 13.2 Å². The molecule has 2 aromatic carbocycles. The summed E-state index contributed by atoms with van der Waals surface area (Å²) in [5, 5.41) is 11.1. The Morgan fingerprint density at radius 2 is 1.97 bits per heavy atom. The zero-order valence-electron chi connectivity index (χ0n) is 17.1. The highest BCUT2D eigenvalue weighted by atomic mass is 32.1. The fourth-order valence-corrected chi connectivity index (χ4v) is 3.22. The van der Waals surface area contributed by atoms with E-state index in [1.165, 1.54) is 36.7 Å². The van der Waals surface area contributed by atoms with Crippen LogP contribution in [0.15, 0.2) is 53.9 Å². The molecule has 1 heterocycles. The standard InChI is InChI=1S/C23H19FN2O5S/c1-28-21-12-16(2-8-20(21)29-11-10-25)3-9-23(27)31-13-18-15-32-22(26-18)14-30-19-6-4-17(24)5-7-19/h2-9,12,15H,11,13-14H2,1H3/b9-3+. The van der Waals surface area contributed by atoms with Crippen LogP contribution >= 0.6 is 11.3 Å². The fraction of sp³-hybridized carbons (Fsp3) is 0.174. The lowest BCUT2D eigenvalue weighted by molar-refractivity contribution is -0.139. The van der Waals surface area contributed by atoms with Gasteiger partial charge in [-0.2, -0.15) is 5.26 Å². The van der Waals surface area contributed by atoms with Crippen molar-refractivity contribution in [1.29, 1.82) is 5.26 Å². The summed E-state index contributed by atoms with van der Waals surface area (Å²) < 4.78 is 34.2. The van der Waals surface area contributed by atoms with E-state index in [4.69, 9.17) is 24.2 Å². The van der Waals surface area contributed by atoms with Crippen LogP contribution < -0.4 is 14.2 Å². The van der Waals surface area contributed by atoms with Gasteiger partial charge in [0, 0.05) is 11.5 Å². The zero-order chi connectivity index (χ0) is 22.8. The number of hydrogen-bond donors (Lipinski definition) is 0. The second-order valence-corrected chi connectivity index (χ2v) is 7.22. The van der Waals surface area contributed by atoms with Gasteiger partial charge in [-0.15, -0.1) is 11.3 Å². The number of esters is 1. The molecule has 0 aliphatic carbocycles. The maximum absolute atomic E-state index is 12.9. The summed E-state index contributed by atoms with van der Waals surface area (Å²) in [6.07, 6.45) is 2.89. The van der Waals surface area contributed by atoms with Crippen molar-refractivity contribution >= 4 is 23.4 Å². The molecule has 164 valence electrons. The van der Waals surface area contributed by atoms with Crippen LogP contribution in [0.4, 0.5) is 4.39 Å². The average molecular weight is 454 g/mol. The number of methoxy groups -OCH3 is 1. The normalized spacial score (nSPS) is 10.5. The molecule has 0 saturated heterocycles. The lowest BCUT2D eigenvalue weighted by Gasteiger charge is -2.08. The van der Waals surface area contributed by atoms with Gasteiger partial charge in [0.25, 0.3) is 0 Å². The smallest absolute Gasteiger partial charge is 0.331 e. The number of benzene rings is 2. The molecule has 1 aromatic heterocycles. The second kappa shape index (κ2) is 11.5. The van der Waals surface area contributed by atoms with Crippen molar-refractivity contribution in [2.75, 3.05) is 13.7 Å². The minimum atomic E-state index is -0.522. The number of thiazole rings is 1. The number of nitriles is 1. The minimum absolute atomic E-state index is 0.0283. The Balaban J connectivity index is 1.48. The summed E-state index contributed by atoms with van der Waals surface area (Å²) >= 11 is 1.38. The average Bonchev–Trinajstić information content (AvgIpc) is 3.27. The van der Waals surface area contributed by atoms with Gasteiger partial charge in [-0.25, -0.2) is 14.2 Å². The molecule has 0 aliphatic rings.